The standard InChI is InChI=1S/C13H14F3NO/c1-2-3-4-7-18-11-5-6-12(13(14,15)16)10(8-11)9-17/h5-6,8H,2-4,7H2,1H3. The Bertz CT molecular complexity index is 435. The van der Waals surface area contributed by atoms with E-state index < -0.39 is 17.3 Å². The monoisotopic (exact) mass is 257 g/mol. The zero-order valence-corrected chi connectivity index (χ0v) is 10.0. The largest absolute Gasteiger partial charge is 0.494 e. The fourth-order valence-electron chi connectivity index (χ4n) is 1.49. The number of halogens is 3. The van der Waals surface area contributed by atoms with Gasteiger partial charge < -0.3 is 4.74 Å². The van der Waals surface area contributed by atoms with Gasteiger partial charge in [0.05, 0.1) is 23.8 Å². The van der Waals surface area contributed by atoms with Gasteiger partial charge in [-0.15, -0.1) is 0 Å². The summed E-state index contributed by atoms with van der Waals surface area (Å²) in [7, 11) is 0. The lowest BCUT2D eigenvalue weighted by Crippen LogP contribution is -2.08. The molecule has 98 valence electrons. The van der Waals surface area contributed by atoms with Gasteiger partial charge in [-0.2, -0.15) is 18.4 Å². The zero-order valence-electron chi connectivity index (χ0n) is 10.0. The van der Waals surface area contributed by atoms with Crippen LogP contribution in [0.15, 0.2) is 18.2 Å². The molecule has 0 unspecified atom stereocenters. The van der Waals surface area contributed by atoms with Crippen molar-refractivity contribution in [3.05, 3.63) is 29.3 Å². The number of ether oxygens (including phenoxy) is 1. The number of hydrogen-bond donors (Lipinski definition) is 0. The second-order valence-corrected chi connectivity index (χ2v) is 3.87. The summed E-state index contributed by atoms with van der Waals surface area (Å²) in [6.45, 7) is 2.50. The minimum Gasteiger partial charge on any atom is -0.494 e. The van der Waals surface area contributed by atoms with E-state index in [1.165, 1.54) is 6.07 Å². The minimum absolute atomic E-state index is 0.302. The van der Waals surface area contributed by atoms with Crippen molar-refractivity contribution in [2.24, 2.45) is 0 Å². The van der Waals surface area contributed by atoms with Crippen LogP contribution in [0.2, 0.25) is 0 Å². The summed E-state index contributed by atoms with van der Waals surface area (Å²) >= 11 is 0. The summed E-state index contributed by atoms with van der Waals surface area (Å²) in [5.41, 5.74) is -1.33. The molecular formula is C13H14F3NO. The van der Waals surface area contributed by atoms with Crippen LogP contribution in [-0.2, 0) is 6.18 Å². The Morgan fingerprint density at radius 2 is 2.00 bits per heavy atom. The molecule has 0 fully saturated rings. The molecule has 0 bridgehead atoms. The molecule has 0 spiro atoms. The highest BCUT2D eigenvalue weighted by molar-refractivity contribution is 5.44. The summed E-state index contributed by atoms with van der Waals surface area (Å²) < 4.78 is 42.9. The minimum atomic E-state index is -4.51. The molecule has 0 aliphatic carbocycles. The fraction of sp³-hybridized carbons (Fsp3) is 0.462. The quantitative estimate of drug-likeness (QED) is 0.742. The Morgan fingerprint density at radius 3 is 2.56 bits per heavy atom. The van der Waals surface area contributed by atoms with E-state index in [1.807, 2.05) is 6.92 Å². The van der Waals surface area contributed by atoms with Crippen molar-refractivity contribution in [1.82, 2.24) is 0 Å². The number of benzene rings is 1. The van der Waals surface area contributed by atoms with Crippen LogP contribution >= 0.6 is 0 Å². The third-order valence-electron chi connectivity index (χ3n) is 2.43. The highest BCUT2D eigenvalue weighted by atomic mass is 19.4. The smallest absolute Gasteiger partial charge is 0.417 e. The summed E-state index contributed by atoms with van der Waals surface area (Å²) in [4.78, 5) is 0. The maximum Gasteiger partial charge on any atom is 0.417 e. The van der Waals surface area contributed by atoms with E-state index in [0.717, 1.165) is 31.4 Å². The van der Waals surface area contributed by atoms with E-state index in [-0.39, 0.29) is 0 Å². The normalized spacial score (nSPS) is 11.1. The van der Waals surface area contributed by atoms with E-state index in [1.54, 1.807) is 6.07 Å². The van der Waals surface area contributed by atoms with Crippen molar-refractivity contribution in [3.63, 3.8) is 0 Å². The number of unbranched alkanes of at least 4 members (excludes halogenated alkanes) is 2. The molecule has 0 saturated carbocycles. The molecule has 0 N–H and O–H groups in total. The molecule has 0 aliphatic rings. The first-order valence-corrected chi connectivity index (χ1v) is 5.73. The predicted octanol–water partition coefficient (Wildman–Crippen LogP) is 4.15. The van der Waals surface area contributed by atoms with Crippen molar-refractivity contribution in [2.45, 2.75) is 32.4 Å². The van der Waals surface area contributed by atoms with Crippen molar-refractivity contribution < 1.29 is 17.9 Å². The molecule has 2 nitrogen and oxygen atoms in total. The van der Waals surface area contributed by atoms with E-state index in [4.69, 9.17) is 10.00 Å². The molecule has 0 amide bonds. The van der Waals surface area contributed by atoms with Crippen LogP contribution in [0.25, 0.3) is 0 Å². The highest BCUT2D eigenvalue weighted by Crippen LogP contribution is 2.33. The van der Waals surface area contributed by atoms with Crippen LogP contribution in [0.1, 0.15) is 37.3 Å². The topological polar surface area (TPSA) is 33.0 Å². The maximum atomic E-state index is 12.5. The van der Waals surface area contributed by atoms with Gasteiger partial charge in [-0.25, -0.2) is 0 Å². The predicted molar refractivity (Wildman–Crippen MR) is 61.2 cm³/mol. The van der Waals surface area contributed by atoms with E-state index in [9.17, 15) is 13.2 Å². The third kappa shape index (κ3) is 3.95. The molecule has 0 aromatic heterocycles. The van der Waals surface area contributed by atoms with E-state index in [2.05, 4.69) is 0 Å². The van der Waals surface area contributed by atoms with Crippen LogP contribution < -0.4 is 4.74 Å². The second kappa shape index (κ2) is 6.29. The molecular weight excluding hydrogens is 243 g/mol. The van der Waals surface area contributed by atoms with Gasteiger partial charge in [-0.3, -0.25) is 0 Å². The Labute approximate surface area is 104 Å². The van der Waals surface area contributed by atoms with Gasteiger partial charge in [0, 0.05) is 0 Å². The molecule has 0 aliphatic heterocycles. The summed E-state index contributed by atoms with van der Waals surface area (Å²) in [6, 6.07) is 4.81. The first kappa shape index (κ1) is 14.4. The van der Waals surface area contributed by atoms with E-state index >= 15 is 0 Å². The average Bonchev–Trinajstić information content (AvgIpc) is 2.33. The number of hydrogen-bond acceptors (Lipinski definition) is 2. The van der Waals surface area contributed by atoms with Gasteiger partial charge in [0.15, 0.2) is 0 Å². The molecule has 1 aromatic carbocycles. The number of nitriles is 1. The first-order valence-electron chi connectivity index (χ1n) is 5.73. The van der Waals surface area contributed by atoms with Crippen LogP contribution in [0, 0.1) is 11.3 Å². The molecule has 0 radical (unpaired) electrons. The maximum absolute atomic E-state index is 12.5. The van der Waals surface area contributed by atoms with Crippen molar-refractivity contribution in [2.75, 3.05) is 6.61 Å². The molecule has 1 aromatic rings. The second-order valence-electron chi connectivity index (χ2n) is 3.87. The molecule has 1 rings (SSSR count). The number of alkyl halides is 3. The summed E-state index contributed by atoms with van der Waals surface area (Å²) in [5.74, 6) is 0.302. The number of nitrogens with zero attached hydrogens (tertiary/aromatic N) is 1. The molecule has 0 heterocycles. The Hall–Kier alpha value is -1.70. The Morgan fingerprint density at radius 1 is 1.28 bits per heavy atom. The molecule has 0 saturated heterocycles. The van der Waals surface area contributed by atoms with Gasteiger partial charge in [0.2, 0.25) is 0 Å². The lowest BCUT2D eigenvalue weighted by molar-refractivity contribution is -0.137. The Kier molecular flexibility index (Phi) is 5.02. The Balaban J connectivity index is 2.77. The van der Waals surface area contributed by atoms with Gasteiger partial charge in [-0.1, -0.05) is 19.8 Å². The van der Waals surface area contributed by atoms with Gasteiger partial charge in [0.25, 0.3) is 0 Å². The van der Waals surface area contributed by atoms with E-state index in [0.29, 0.717) is 12.4 Å². The first-order chi connectivity index (χ1) is 8.49. The van der Waals surface area contributed by atoms with Crippen molar-refractivity contribution >= 4 is 0 Å². The van der Waals surface area contributed by atoms with Crippen LogP contribution in [-0.4, -0.2) is 6.61 Å². The van der Waals surface area contributed by atoms with Crippen LogP contribution in [0.4, 0.5) is 13.2 Å². The molecule has 18 heavy (non-hydrogen) atoms. The fourth-order valence-corrected chi connectivity index (χ4v) is 1.49. The summed E-state index contributed by atoms with van der Waals surface area (Å²) in [6.07, 6.45) is -1.61. The van der Waals surface area contributed by atoms with Gasteiger partial charge in [0.1, 0.15) is 5.75 Å². The highest BCUT2D eigenvalue weighted by Gasteiger charge is 2.33. The van der Waals surface area contributed by atoms with Gasteiger partial charge >= 0.3 is 6.18 Å². The molecule has 0 atom stereocenters. The molecule has 5 heteroatoms. The number of rotatable bonds is 5. The summed E-state index contributed by atoms with van der Waals surface area (Å²) in [5, 5.41) is 8.71. The average molecular weight is 257 g/mol. The van der Waals surface area contributed by atoms with Crippen molar-refractivity contribution in [3.8, 4) is 11.8 Å². The van der Waals surface area contributed by atoms with Crippen LogP contribution in [0.3, 0.4) is 0 Å². The lowest BCUT2D eigenvalue weighted by atomic mass is 10.1. The van der Waals surface area contributed by atoms with Gasteiger partial charge in [-0.05, 0) is 24.6 Å². The SMILES string of the molecule is CCCCCOc1ccc(C(F)(F)F)c(C#N)c1. The van der Waals surface area contributed by atoms with Crippen LogP contribution in [0.5, 0.6) is 5.75 Å². The lowest BCUT2D eigenvalue weighted by Gasteiger charge is -2.11. The third-order valence-corrected chi connectivity index (χ3v) is 2.43. The zero-order chi connectivity index (χ0) is 13.6. The van der Waals surface area contributed by atoms with Crippen molar-refractivity contribution in [1.29, 1.82) is 5.26 Å².